The summed E-state index contributed by atoms with van der Waals surface area (Å²) in [5, 5.41) is 7.04. The van der Waals surface area contributed by atoms with Gasteiger partial charge in [-0.1, -0.05) is 13.8 Å². The van der Waals surface area contributed by atoms with Gasteiger partial charge in [-0.2, -0.15) is 5.10 Å². The molecule has 2 heterocycles. The minimum atomic E-state index is -0.278. The van der Waals surface area contributed by atoms with Crippen LogP contribution in [0.25, 0.3) is 0 Å². The molecule has 0 bridgehead atoms. The normalized spacial score (nSPS) is 20.1. The minimum Gasteiger partial charge on any atom is -0.297 e. The number of hydrogen-bond donors (Lipinski definition) is 1. The topological polar surface area (TPSA) is 80.1 Å². The van der Waals surface area contributed by atoms with Crippen molar-refractivity contribution in [2.24, 2.45) is 0 Å². The highest BCUT2D eigenvalue weighted by Crippen LogP contribution is 2.10. The Morgan fingerprint density at radius 3 is 2.89 bits per heavy atom. The highest BCUT2D eigenvalue weighted by Gasteiger charge is 2.33. The van der Waals surface area contributed by atoms with Gasteiger partial charge in [0.2, 0.25) is 11.8 Å². The summed E-state index contributed by atoms with van der Waals surface area (Å²) in [5.41, 5.74) is 0. The van der Waals surface area contributed by atoms with Crippen molar-refractivity contribution in [1.29, 1.82) is 0 Å². The van der Waals surface area contributed by atoms with Crippen molar-refractivity contribution in [3.63, 3.8) is 0 Å². The van der Waals surface area contributed by atoms with Crippen LogP contribution in [0.3, 0.4) is 0 Å². The number of imide groups is 1. The Balaban J connectivity index is 2.13. The average Bonchev–Trinajstić information content (AvgIpc) is 2.82. The SMILES string of the molecule is CCCn1ncnc1CN1C(=O)CNC(CC)C1=O. The number of hydrogen-bond acceptors (Lipinski definition) is 5. The quantitative estimate of drug-likeness (QED) is 0.754. The van der Waals surface area contributed by atoms with Crippen molar-refractivity contribution in [2.75, 3.05) is 6.54 Å². The zero-order chi connectivity index (χ0) is 13.8. The Morgan fingerprint density at radius 2 is 2.21 bits per heavy atom. The summed E-state index contributed by atoms with van der Waals surface area (Å²) in [6.07, 6.45) is 3.06. The van der Waals surface area contributed by atoms with Gasteiger partial charge in [0.25, 0.3) is 0 Å². The molecule has 1 fully saturated rings. The second kappa shape index (κ2) is 5.92. The predicted octanol–water partition coefficient (Wildman–Crippen LogP) is -0.0749. The molecule has 1 atom stereocenters. The van der Waals surface area contributed by atoms with E-state index >= 15 is 0 Å². The first kappa shape index (κ1) is 13.7. The number of carbonyl (C=O) groups is 2. The van der Waals surface area contributed by atoms with Gasteiger partial charge in [-0.3, -0.25) is 19.8 Å². The third-order valence-corrected chi connectivity index (χ3v) is 3.20. The molecule has 1 aromatic heterocycles. The van der Waals surface area contributed by atoms with Crippen molar-refractivity contribution in [1.82, 2.24) is 25.0 Å². The molecule has 2 amide bonds. The molecule has 0 saturated carbocycles. The molecule has 0 aromatic carbocycles. The van der Waals surface area contributed by atoms with Crippen LogP contribution < -0.4 is 5.32 Å². The Bertz CT molecular complexity index is 470. The predicted molar refractivity (Wildman–Crippen MR) is 68.0 cm³/mol. The van der Waals surface area contributed by atoms with Gasteiger partial charge >= 0.3 is 0 Å². The average molecular weight is 265 g/mol. The maximum absolute atomic E-state index is 12.1. The van der Waals surface area contributed by atoms with Crippen LogP contribution in [0, 0.1) is 0 Å². The summed E-state index contributed by atoms with van der Waals surface area (Å²) < 4.78 is 1.74. The lowest BCUT2D eigenvalue weighted by atomic mass is 10.1. The third kappa shape index (κ3) is 2.81. The van der Waals surface area contributed by atoms with E-state index < -0.39 is 0 Å². The van der Waals surface area contributed by atoms with Gasteiger partial charge < -0.3 is 0 Å². The van der Waals surface area contributed by atoms with E-state index in [0.29, 0.717) is 12.2 Å². The van der Waals surface area contributed by atoms with Crippen LogP contribution in [0.2, 0.25) is 0 Å². The number of piperazine rings is 1. The first-order valence-corrected chi connectivity index (χ1v) is 6.61. The lowest BCUT2D eigenvalue weighted by Gasteiger charge is -2.30. The van der Waals surface area contributed by atoms with E-state index in [1.165, 1.54) is 11.2 Å². The van der Waals surface area contributed by atoms with Gasteiger partial charge in [-0.05, 0) is 12.8 Å². The molecule has 1 saturated heterocycles. The fraction of sp³-hybridized carbons (Fsp3) is 0.667. The number of nitrogens with one attached hydrogen (secondary N) is 1. The molecule has 104 valence electrons. The summed E-state index contributed by atoms with van der Waals surface area (Å²) >= 11 is 0. The number of aromatic nitrogens is 3. The third-order valence-electron chi connectivity index (χ3n) is 3.20. The number of rotatable bonds is 5. The molecule has 0 aliphatic carbocycles. The Kier molecular flexibility index (Phi) is 4.26. The molecule has 0 spiro atoms. The summed E-state index contributed by atoms with van der Waals surface area (Å²) in [6, 6.07) is -0.278. The lowest BCUT2D eigenvalue weighted by Crippen LogP contribution is -2.57. The van der Waals surface area contributed by atoms with Crippen molar-refractivity contribution in [3.05, 3.63) is 12.2 Å². The van der Waals surface area contributed by atoms with Gasteiger partial charge in [0.1, 0.15) is 12.2 Å². The smallest absolute Gasteiger partial charge is 0.246 e. The molecule has 7 heteroatoms. The molecular formula is C12H19N5O2. The Labute approximate surface area is 112 Å². The highest BCUT2D eigenvalue weighted by atomic mass is 16.2. The number of aryl methyl sites for hydroxylation is 1. The molecule has 1 aliphatic heterocycles. The molecule has 0 radical (unpaired) electrons. The molecule has 1 unspecified atom stereocenters. The first-order chi connectivity index (χ1) is 9.17. The van der Waals surface area contributed by atoms with Gasteiger partial charge in [0.05, 0.1) is 19.1 Å². The van der Waals surface area contributed by atoms with Crippen molar-refractivity contribution < 1.29 is 9.59 Å². The van der Waals surface area contributed by atoms with E-state index in [1.807, 2.05) is 13.8 Å². The van der Waals surface area contributed by atoms with Crippen LogP contribution >= 0.6 is 0 Å². The fourth-order valence-corrected chi connectivity index (χ4v) is 2.14. The van der Waals surface area contributed by atoms with Crippen LogP contribution in [0.1, 0.15) is 32.5 Å². The Hall–Kier alpha value is -1.76. The summed E-state index contributed by atoms with van der Waals surface area (Å²) in [4.78, 5) is 29.4. The summed E-state index contributed by atoms with van der Waals surface area (Å²) in [7, 11) is 0. The van der Waals surface area contributed by atoms with Crippen molar-refractivity contribution >= 4 is 11.8 Å². The molecular weight excluding hydrogens is 246 g/mol. The van der Waals surface area contributed by atoms with E-state index in [9.17, 15) is 9.59 Å². The summed E-state index contributed by atoms with van der Waals surface area (Å²) in [5.74, 6) is 0.269. The zero-order valence-corrected chi connectivity index (χ0v) is 11.3. The fourth-order valence-electron chi connectivity index (χ4n) is 2.14. The highest BCUT2D eigenvalue weighted by molar-refractivity contribution is 6.01. The van der Waals surface area contributed by atoms with Crippen LogP contribution in [0.5, 0.6) is 0 Å². The Morgan fingerprint density at radius 1 is 1.42 bits per heavy atom. The van der Waals surface area contributed by atoms with E-state index in [1.54, 1.807) is 4.68 Å². The molecule has 2 rings (SSSR count). The largest absolute Gasteiger partial charge is 0.297 e. The maximum atomic E-state index is 12.1. The number of nitrogens with zero attached hydrogens (tertiary/aromatic N) is 4. The van der Waals surface area contributed by atoms with Gasteiger partial charge in [-0.25, -0.2) is 9.67 Å². The molecule has 1 N–H and O–H groups in total. The molecule has 1 aromatic rings. The van der Waals surface area contributed by atoms with Crippen LogP contribution in [0.4, 0.5) is 0 Å². The van der Waals surface area contributed by atoms with E-state index in [0.717, 1.165) is 13.0 Å². The number of amides is 2. The molecule has 7 nitrogen and oxygen atoms in total. The molecule has 19 heavy (non-hydrogen) atoms. The standard InChI is InChI=1S/C12H19N5O2/c1-3-5-17-10(14-8-15-17)7-16-11(18)6-13-9(4-2)12(16)19/h8-9,13H,3-7H2,1-2H3. The first-order valence-electron chi connectivity index (χ1n) is 6.61. The van der Waals surface area contributed by atoms with Crippen LogP contribution in [0.15, 0.2) is 6.33 Å². The molecule has 1 aliphatic rings. The number of carbonyl (C=O) groups excluding carboxylic acids is 2. The van der Waals surface area contributed by atoms with E-state index in [2.05, 4.69) is 15.4 Å². The van der Waals surface area contributed by atoms with Gasteiger partial charge in [-0.15, -0.1) is 0 Å². The summed E-state index contributed by atoms with van der Waals surface area (Å²) in [6.45, 7) is 5.10. The van der Waals surface area contributed by atoms with E-state index in [-0.39, 0.29) is 30.9 Å². The van der Waals surface area contributed by atoms with Crippen molar-refractivity contribution in [3.8, 4) is 0 Å². The van der Waals surface area contributed by atoms with Crippen LogP contribution in [-0.2, 0) is 22.7 Å². The minimum absolute atomic E-state index is 0.176. The van der Waals surface area contributed by atoms with Crippen LogP contribution in [-0.4, -0.2) is 44.1 Å². The second-order valence-corrected chi connectivity index (χ2v) is 4.56. The second-order valence-electron chi connectivity index (χ2n) is 4.56. The maximum Gasteiger partial charge on any atom is 0.246 e. The van der Waals surface area contributed by atoms with Gasteiger partial charge in [0, 0.05) is 6.54 Å². The monoisotopic (exact) mass is 265 g/mol. The lowest BCUT2D eigenvalue weighted by molar-refractivity contribution is -0.150. The zero-order valence-electron chi connectivity index (χ0n) is 11.3. The van der Waals surface area contributed by atoms with Crippen molar-refractivity contribution in [2.45, 2.75) is 45.8 Å². The van der Waals surface area contributed by atoms with E-state index in [4.69, 9.17) is 0 Å². The van der Waals surface area contributed by atoms with Gasteiger partial charge in [0.15, 0.2) is 0 Å².